The average molecular weight is 506 g/mol. The summed E-state index contributed by atoms with van der Waals surface area (Å²) in [5.41, 5.74) is 0.688. The molecule has 2 aromatic rings. The molecule has 2 atom stereocenters. The number of nitro benzene ring substituents is 1. The van der Waals surface area contributed by atoms with Gasteiger partial charge < -0.3 is 0 Å². The molecule has 1 aliphatic heterocycles. The summed E-state index contributed by atoms with van der Waals surface area (Å²) in [7, 11) is -4.10. The van der Waals surface area contributed by atoms with Gasteiger partial charge >= 0.3 is 0 Å². The van der Waals surface area contributed by atoms with Crippen LogP contribution < -0.4 is 0 Å². The molecular weight excluding hydrogens is 482 g/mol. The Labute approximate surface area is 191 Å². The normalized spacial score (nSPS) is 19.0. The van der Waals surface area contributed by atoms with E-state index in [0.717, 1.165) is 16.6 Å². The van der Waals surface area contributed by atoms with E-state index in [1.165, 1.54) is 34.6 Å². The van der Waals surface area contributed by atoms with Gasteiger partial charge in [-0.05, 0) is 23.8 Å². The van der Waals surface area contributed by atoms with Gasteiger partial charge in [-0.3, -0.25) is 15.0 Å². The van der Waals surface area contributed by atoms with Crippen molar-refractivity contribution >= 4 is 31.6 Å². The highest BCUT2D eigenvalue weighted by Crippen LogP contribution is 2.36. The minimum atomic E-state index is -4.10. The highest BCUT2D eigenvalue weighted by molar-refractivity contribution is 9.10. The zero-order valence-corrected chi connectivity index (χ0v) is 19.3. The van der Waals surface area contributed by atoms with Crippen LogP contribution in [0, 0.1) is 10.1 Å². The van der Waals surface area contributed by atoms with Crippen LogP contribution >= 0.6 is 15.9 Å². The number of likely N-dealkylation sites (tertiary alicyclic amines) is 1. The standard InChI is InChI=1S/C22H24BrN3O4S/c1-3-13-24-15-19(17-9-11-18(23)12-10-17)21(24)16-25(14-4-2)31(29,30)22-8-6-5-7-20(22)26(27)28/h3-12,19,21H,1-2,13-16H2. The highest BCUT2D eigenvalue weighted by Gasteiger charge is 2.42. The second kappa shape index (κ2) is 9.86. The molecule has 1 aliphatic rings. The fraction of sp³-hybridized carbons (Fsp3) is 0.273. The van der Waals surface area contributed by atoms with Gasteiger partial charge in [0.2, 0.25) is 10.0 Å². The zero-order valence-electron chi connectivity index (χ0n) is 16.9. The van der Waals surface area contributed by atoms with E-state index in [9.17, 15) is 18.5 Å². The molecule has 2 unspecified atom stereocenters. The molecule has 0 aliphatic carbocycles. The lowest BCUT2D eigenvalue weighted by Gasteiger charge is -2.49. The topological polar surface area (TPSA) is 83.8 Å². The Morgan fingerprint density at radius 2 is 1.84 bits per heavy atom. The molecule has 1 saturated heterocycles. The van der Waals surface area contributed by atoms with Gasteiger partial charge in [-0.2, -0.15) is 4.31 Å². The van der Waals surface area contributed by atoms with E-state index < -0.39 is 20.6 Å². The minimum Gasteiger partial charge on any atom is -0.294 e. The number of hydrogen-bond acceptors (Lipinski definition) is 5. The lowest BCUT2D eigenvalue weighted by Crippen LogP contribution is -2.59. The quantitative estimate of drug-likeness (QED) is 0.274. The van der Waals surface area contributed by atoms with E-state index in [1.807, 2.05) is 24.3 Å². The molecular formula is C22H24BrN3O4S. The molecule has 1 fully saturated rings. The maximum absolute atomic E-state index is 13.4. The Morgan fingerprint density at radius 3 is 2.45 bits per heavy atom. The van der Waals surface area contributed by atoms with Gasteiger partial charge in [0.15, 0.2) is 4.90 Å². The van der Waals surface area contributed by atoms with Crippen LogP contribution in [0.15, 0.2) is 83.2 Å². The largest absolute Gasteiger partial charge is 0.294 e. The van der Waals surface area contributed by atoms with E-state index in [0.29, 0.717) is 6.54 Å². The molecule has 0 N–H and O–H groups in total. The molecule has 0 saturated carbocycles. The first-order valence-electron chi connectivity index (χ1n) is 9.74. The van der Waals surface area contributed by atoms with Crippen molar-refractivity contribution in [2.75, 3.05) is 26.2 Å². The van der Waals surface area contributed by atoms with Crippen molar-refractivity contribution in [1.82, 2.24) is 9.21 Å². The molecule has 0 spiro atoms. The molecule has 2 aromatic carbocycles. The van der Waals surface area contributed by atoms with E-state index in [-0.39, 0.29) is 29.9 Å². The summed E-state index contributed by atoms with van der Waals surface area (Å²) in [5.74, 6) is 0.140. The molecule has 3 rings (SSSR count). The number of para-hydroxylation sites is 1. The molecule has 0 amide bonds. The fourth-order valence-electron chi connectivity index (χ4n) is 3.87. The number of halogens is 1. The van der Waals surface area contributed by atoms with Crippen LogP contribution in [0.3, 0.4) is 0 Å². The maximum Gasteiger partial charge on any atom is 0.289 e. The second-order valence-corrected chi connectivity index (χ2v) is 10.1. The summed E-state index contributed by atoms with van der Waals surface area (Å²) in [4.78, 5) is 12.6. The fourth-order valence-corrected chi connectivity index (χ4v) is 5.72. The van der Waals surface area contributed by atoms with Gasteiger partial charge in [-0.15, -0.1) is 13.2 Å². The molecule has 7 nitrogen and oxygen atoms in total. The van der Waals surface area contributed by atoms with Crippen LogP contribution in [0.5, 0.6) is 0 Å². The van der Waals surface area contributed by atoms with Crippen molar-refractivity contribution in [3.63, 3.8) is 0 Å². The van der Waals surface area contributed by atoms with Crippen LogP contribution in [-0.4, -0.2) is 54.8 Å². The van der Waals surface area contributed by atoms with Crippen molar-refractivity contribution < 1.29 is 13.3 Å². The van der Waals surface area contributed by atoms with Crippen LogP contribution in [0.1, 0.15) is 11.5 Å². The van der Waals surface area contributed by atoms with Crippen molar-refractivity contribution in [2.45, 2.75) is 16.9 Å². The number of sulfonamides is 1. The SMILES string of the molecule is C=CCN1CC(c2ccc(Br)cc2)C1CN(CC=C)S(=O)(=O)c1ccccc1[N+](=O)[O-]. The average Bonchev–Trinajstić information content (AvgIpc) is 2.74. The van der Waals surface area contributed by atoms with Gasteiger partial charge in [0.1, 0.15) is 0 Å². The number of rotatable bonds is 10. The van der Waals surface area contributed by atoms with E-state index in [2.05, 4.69) is 34.0 Å². The lowest BCUT2D eigenvalue weighted by molar-refractivity contribution is -0.387. The minimum absolute atomic E-state index is 0.0554. The Bertz CT molecular complexity index is 1070. The monoisotopic (exact) mass is 505 g/mol. The van der Waals surface area contributed by atoms with Crippen LogP contribution in [0.25, 0.3) is 0 Å². The molecule has 9 heteroatoms. The van der Waals surface area contributed by atoms with E-state index in [4.69, 9.17) is 0 Å². The lowest BCUT2D eigenvalue weighted by atomic mass is 9.82. The Kier molecular flexibility index (Phi) is 7.42. The molecule has 31 heavy (non-hydrogen) atoms. The summed E-state index contributed by atoms with van der Waals surface area (Å²) < 4.78 is 29.1. The van der Waals surface area contributed by atoms with Crippen molar-refractivity contribution in [3.8, 4) is 0 Å². The summed E-state index contributed by atoms with van der Waals surface area (Å²) in [5, 5.41) is 11.4. The molecule has 1 heterocycles. The van der Waals surface area contributed by atoms with Crippen molar-refractivity contribution in [3.05, 3.63) is 94.0 Å². The van der Waals surface area contributed by atoms with E-state index in [1.54, 1.807) is 6.08 Å². The van der Waals surface area contributed by atoms with Gasteiger partial charge in [0.25, 0.3) is 5.69 Å². The third kappa shape index (κ3) is 4.95. The third-order valence-electron chi connectivity index (χ3n) is 5.43. The summed E-state index contributed by atoms with van der Waals surface area (Å²) in [6.07, 6.45) is 3.29. The highest BCUT2D eigenvalue weighted by atomic mass is 79.9. The Hall–Kier alpha value is -2.33. The molecule has 0 bridgehead atoms. The first-order chi connectivity index (χ1) is 14.8. The number of hydrogen-bond donors (Lipinski definition) is 0. The van der Waals surface area contributed by atoms with Gasteiger partial charge in [-0.25, -0.2) is 8.42 Å². The van der Waals surface area contributed by atoms with E-state index >= 15 is 0 Å². The van der Waals surface area contributed by atoms with Crippen molar-refractivity contribution in [2.24, 2.45) is 0 Å². The first kappa shape index (κ1) is 23.3. The third-order valence-corrected chi connectivity index (χ3v) is 7.84. The van der Waals surface area contributed by atoms with Crippen molar-refractivity contribution in [1.29, 1.82) is 0 Å². The van der Waals surface area contributed by atoms with Crippen LogP contribution in [-0.2, 0) is 10.0 Å². The summed E-state index contributed by atoms with van der Waals surface area (Å²) in [6, 6.07) is 13.3. The van der Waals surface area contributed by atoms with Gasteiger partial charge in [0, 0.05) is 48.7 Å². The molecule has 0 radical (unpaired) electrons. The Morgan fingerprint density at radius 1 is 1.16 bits per heavy atom. The first-order valence-corrected chi connectivity index (χ1v) is 12.0. The summed E-state index contributed by atoms with van der Waals surface area (Å²) >= 11 is 3.44. The maximum atomic E-state index is 13.4. The zero-order chi connectivity index (χ0) is 22.6. The predicted molar refractivity (Wildman–Crippen MR) is 124 cm³/mol. The van der Waals surface area contributed by atoms with Gasteiger partial charge in [-0.1, -0.05) is 52.3 Å². The summed E-state index contributed by atoms with van der Waals surface area (Å²) in [6.45, 7) is 9.14. The number of benzene rings is 2. The predicted octanol–water partition coefficient (Wildman–Crippen LogP) is 4.19. The molecule has 0 aromatic heterocycles. The number of nitrogens with zero attached hydrogens (tertiary/aromatic N) is 3. The van der Waals surface area contributed by atoms with Crippen LogP contribution in [0.2, 0.25) is 0 Å². The Balaban J connectivity index is 1.94. The van der Waals surface area contributed by atoms with Gasteiger partial charge in [0.05, 0.1) is 4.92 Å². The van der Waals surface area contributed by atoms with Crippen LogP contribution in [0.4, 0.5) is 5.69 Å². The molecule has 164 valence electrons. The smallest absolute Gasteiger partial charge is 0.289 e. The second-order valence-electron chi connectivity index (χ2n) is 7.30. The number of nitro groups is 1.